The third kappa shape index (κ3) is 1.48. The lowest BCUT2D eigenvalue weighted by Crippen LogP contribution is -2.10. The Labute approximate surface area is 85.3 Å². The van der Waals surface area contributed by atoms with Crippen molar-refractivity contribution in [1.29, 1.82) is 0 Å². The van der Waals surface area contributed by atoms with Crippen molar-refractivity contribution in [2.24, 2.45) is 12.2 Å². The molecule has 1 heterocycles. The second-order valence-corrected chi connectivity index (χ2v) is 3.16. The van der Waals surface area contributed by atoms with E-state index in [9.17, 15) is 9.70 Å². The van der Waals surface area contributed by atoms with Crippen LogP contribution in [0.1, 0.15) is 0 Å². The molecule has 76 valence electrons. The Balaban J connectivity index is 2.69. The third-order valence-corrected chi connectivity index (χ3v) is 2.18. The lowest BCUT2D eigenvalue weighted by atomic mass is 10.1. The molecule has 0 fully saturated rings. The summed E-state index contributed by atoms with van der Waals surface area (Å²) in [6.45, 7) is 0. The van der Waals surface area contributed by atoms with Crippen molar-refractivity contribution in [3.63, 3.8) is 0 Å². The van der Waals surface area contributed by atoms with Gasteiger partial charge in [-0.25, -0.2) is 0 Å². The van der Waals surface area contributed by atoms with Gasteiger partial charge in [-0.2, -0.15) is 0 Å². The van der Waals surface area contributed by atoms with Gasteiger partial charge in [0.2, 0.25) is 0 Å². The van der Waals surface area contributed by atoms with Crippen molar-refractivity contribution < 1.29 is 0 Å². The maximum atomic E-state index is 11.4. The van der Waals surface area contributed by atoms with E-state index in [1.165, 1.54) is 4.68 Å². The molecule has 2 aromatic rings. The van der Waals surface area contributed by atoms with Gasteiger partial charge in [0.15, 0.2) is 5.69 Å². The first-order chi connectivity index (χ1) is 7.24. The minimum absolute atomic E-state index is 0.0799. The highest BCUT2D eigenvalue weighted by molar-refractivity contribution is 5.71. The van der Waals surface area contributed by atoms with Gasteiger partial charge in [0.1, 0.15) is 0 Å². The fourth-order valence-corrected chi connectivity index (χ4v) is 1.43. The van der Waals surface area contributed by atoms with E-state index in [-0.39, 0.29) is 5.69 Å². The van der Waals surface area contributed by atoms with Crippen LogP contribution in [0.3, 0.4) is 0 Å². The largest absolute Gasteiger partial charge is 0.296 e. The predicted molar refractivity (Wildman–Crippen MR) is 56.9 cm³/mol. The zero-order valence-corrected chi connectivity index (χ0v) is 8.10. The van der Waals surface area contributed by atoms with Gasteiger partial charge in [0.05, 0.1) is 5.69 Å². The molecule has 0 aliphatic heterocycles. The lowest BCUT2D eigenvalue weighted by Gasteiger charge is -1.96. The molecule has 0 aliphatic rings. The number of nitroso groups, excluding NO2 is 1. The van der Waals surface area contributed by atoms with Crippen LogP contribution < -0.4 is 5.56 Å². The Morgan fingerprint density at radius 3 is 2.53 bits per heavy atom. The summed E-state index contributed by atoms with van der Waals surface area (Å²) in [5, 5.41) is 5.54. The first-order valence-corrected chi connectivity index (χ1v) is 4.42. The molecule has 5 heteroatoms. The van der Waals surface area contributed by atoms with Gasteiger partial charge < -0.3 is 0 Å². The van der Waals surface area contributed by atoms with Gasteiger partial charge in [-0.05, 0) is 5.18 Å². The molecule has 0 atom stereocenters. The van der Waals surface area contributed by atoms with Crippen molar-refractivity contribution in [3.05, 3.63) is 45.6 Å². The number of aromatic nitrogens is 2. The summed E-state index contributed by atoms with van der Waals surface area (Å²) >= 11 is 0. The van der Waals surface area contributed by atoms with Crippen molar-refractivity contribution in [2.45, 2.75) is 0 Å². The average Bonchev–Trinajstić information content (AvgIpc) is 2.56. The maximum absolute atomic E-state index is 11.4. The van der Waals surface area contributed by atoms with Crippen molar-refractivity contribution in [3.8, 4) is 11.3 Å². The van der Waals surface area contributed by atoms with Crippen LogP contribution in [0.5, 0.6) is 0 Å². The molecule has 0 amide bonds. The lowest BCUT2D eigenvalue weighted by molar-refractivity contribution is 0.743. The van der Waals surface area contributed by atoms with Crippen LogP contribution in [0, 0.1) is 4.91 Å². The van der Waals surface area contributed by atoms with Gasteiger partial charge in [0, 0.05) is 12.6 Å². The monoisotopic (exact) mass is 203 g/mol. The third-order valence-electron chi connectivity index (χ3n) is 2.18. The van der Waals surface area contributed by atoms with Crippen molar-refractivity contribution >= 4 is 5.69 Å². The van der Waals surface area contributed by atoms with Crippen LogP contribution >= 0.6 is 0 Å². The maximum Gasteiger partial charge on any atom is 0.296 e. The highest BCUT2D eigenvalue weighted by atomic mass is 16.3. The van der Waals surface area contributed by atoms with Crippen LogP contribution in [0.4, 0.5) is 5.69 Å². The number of hydrogen-bond acceptors (Lipinski definition) is 3. The molecular formula is C10H9N3O2. The molecule has 0 bridgehead atoms. The second kappa shape index (κ2) is 3.53. The number of nitrogens with zero attached hydrogens (tertiary/aromatic N) is 2. The molecule has 5 nitrogen and oxygen atoms in total. The zero-order chi connectivity index (χ0) is 10.8. The van der Waals surface area contributed by atoms with Gasteiger partial charge in [0.25, 0.3) is 5.56 Å². The number of nitrogens with one attached hydrogen (secondary N) is 1. The van der Waals surface area contributed by atoms with Crippen LogP contribution in [0.25, 0.3) is 11.3 Å². The number of benzene rings is 1. The molecule has 0 saturated carbocycles. The predicted octanol–water partition coefficient (Wildman–Crippen LogP) is 1.78. The Kier molecular flexibility index (Phi) is 2.21. The van der Waals surface area contributed by atoms with Crippen LogP contribution in [0.2, 0.25) is 0 Å². The minimum atomic E-state index is -0.413. The second-order valence-electron chi connectivity index (χ2n) is 3.16. The van der Waals surface area contributed by atoms with Crippen LogP contribution in [0.15, 0.2) is 40.3 Å². The fraction of sp³-hybridized carbons (Fsp3) is 0.100. The molecule has 2 rings (SSSR count). The molecule has 0 aliphatic carbocycles. The molecule has 0 saturated heterocycles. The summed E-state index contributed by atoms with van der Waals surface area (Å²) in [6.07, 6.45) is 0. The van der Waals surface area contributed by atoms with Crippen molar-refractivity contribution in [1.82, 2.24) is 9.78 Å². The van der Waals surface area contributed by atoms with Crippen LogP contribution in [-0.4, -0.2) is 9.78 Å². The summed E-state index contributed by atoms with van der Waals surface area (Å²) in [5.41, 5.74) is 0.732. The molecule has 1 aromatic carbocycles. The summed E-state index contributed by atoms with van der Waals surface area (Å²) in [6, 6.07) is 9.13. The SMILES string of the molecule is Cn1[nH]c(-c2ccccc2)c(N=O)c1=O. The average molecular weight is 203 g/mol. The van der Waals surface area contributed by atoms with E-state index < -0.39 is 5.56 Å². The van der Waals surface area contributed by atoms with E-state index in [1.807, 2.05) is 18.2 Å². The highest BCUT2D eigenvalue weighted by Crippen LogP contribution is 2.24. The Morgan fingerprint density at radius 2 is 1.93 bits per heavy atom. The standard InChI is InChI=1S/C10H9N3O2/c1-13-10(14)9(12-15)8(11-13)7-5-3-2-4-6-7/h2-6,11H,1H3. The van der Waals surface area contributed by atoms with E-state index in [1.54, 1.807) is 19.2 Å². The van der Waals surface area contributed by atoms with E-state index in [4.69, 9.17) is 0 Å². The number of rotatable bonds is 2. The molecule has 1 N–H and O–H groups in total. The first-order valence-electron chi connectivity index (χ1n) is 4.42. The highest BCUT2D eigenvalue weighted by Gasteiger charge is 2.13. The number of aromatic amines is 1. The topological polar surface area (TPSA) is 67.2 Å². The Morgan fingerprint density at radius 1 is 1.27 bits per heavy atom. The van der Waals surface area contributed by atoms with Gasteiger partial charge in [-0.3, -0.25) is 14.6 Å². The number of aryl methyl sites for hydroxylation is 1. The van der Waals surface area contributed by atoms with Gasteiger partial charge in [-0.15, -0.1) is 4.91 Å². The summed E-state index contributed by atoms with van der Waals surface area (Å²) in [5.74, 6) is 0. The summed E-state index contributed by atoms with van der Waals surface area (Å²) in [4.78, 5) is 22.0. The van der Waals surface area contributed by atoms with Gasteiger partial charge in [-0.1, -0.05) is 30.3 Å². The van der Waals surface area contributed by atoms with E-state index in [2.05, 4.69) is 10.3 Å². The smallest absolute Gasteiger partial charge is 0.293 e. The fourth-order valence-electron chi connectivity index (χ4n) is 1.43. The number of H-pyrrole nitrogens is 1. The van der Waals surface area contributed by atoms with E-state index in [0.29, 0.717) is 5.69 Å². The van der Waals surface area contributed by atoms with E-state index in [0.717, 1.165) is 5.56 Å². The number of hydrogen-bond donors (Lipinski definition) is 1. The summed E-state index contributed by atoms with van der Waals surface area (Å²) < 4.78 is 1.24. The molecular weight excluding hydrogens is 194 g/mol. The molecule has 0 spiro atoms. The minimum Gasteiger partial charge on any atom is -0.293 e. The Hall–Kier alpha value is -2.17. The molecule has 0 unspecified atom stereocenters. The summed E-state index contributed by atoms with van der Waals surface area (Å²) in [7, 11) is 1.55. The van der Waals surface area contributed by atoms with Gasteiger partial charge >= 0.3 is 0 Å². The quantitative estimate of drug-likeness (QED) is 0.756. The normalized spacial score (nSPS) is 10.2. The zero-order valence-electron chi connectivity index (χ0n) is 8.10. The van der Waals surface area contributed by atoms with Crippen molar-refractivity contribution in [2.75, 3.05) is 0 Å². The first kappa shape index (κ1) is 9.39. The molecule has 0 radical (unpaired) electrons. The van der Waals surface area contributed by atoms with E-state index >= 15 is 0 Å². The molecule has 15 heavy (non-hydrogen) atoms. The Bertz CT molecular complexity index is 540. The molecule has 1 aromatic heterocycles. The van der Waals surface area contributed by atoms with Crippen LogP contribution in [-0.2, 0) is 7.05 Å².